The van der Waals surface area contributed by atoms with Gasteiger partial charge in [0.05, 0.1) is 6.61 Å². The molecule has 0 aromatic heterocycles. The lowest BCUT2D eigenvalue weighted by molar-refractivity contribution is 0.00653. The number of carbonyl (C=O) groups is 1. The maximum absolute atomic E-state index is 12.2. The molecule has 0 radical (unpaired) electrons. The third-order valence-corrected chi connectivity index (χ3v) is 2.80. The smallest absolute Gasteiger partial charge is 0.342 e. The highest BCUT2D eigenvalue weighted by molar-refractivity contribution is 14.1. The van der Waals surface area contributed by atoms with Crippen LogP contribution in [0.15, 0.2) is 18.2 Å². The third-order valence-electron chi connectivity index (χ3n) is 2.13. The van der Waals surface area contributed by atoms with E-state index in [1.165, 1.54) is 0 Å². The first-order chi connectivity index (χ1) is 8.69. The zero-order chi connectivity index (χ0) is 14.6. The molecular weight excluding hydrogens is 355 g/mol. The topological polar surface area (TPSA) is 35.5 Å². The Morgan fingerprint density at radius 3 is 2.47 bits per heavy atom. The van der Waals surface area contributed by atoms with Gasteiger partial charge in [0.1, 0.15) is 16.9 Å². The molecule has 1 rings (SSSR count). The van der Waals surface area contributed by atoms with Crippen LogP contribution in [-0.2, 0) is 4.74 Å². The Balaban J connectivity index is 2.96. The second-order valence-corrected chi connectivity index (χ2v) is 7.09. The van der Waals surface area contributed by atoms with Crippen LogP contribution in [0.25, 0.3) is 0 Å². The van der Waals surface area contributed by atoms with Gasteiger partial charge in [-0.2, -0.15) is 0 Å². The molecule has 4 heteroatoms. The molecule has 0 aliphatic carbocycles. The van der Waals surface area contributed by atoms with Crippen LogP contribution in [0.4, 0.5) is 0 Å². The molecule has 0 N–H and O–H groups in total. The summed E-state index contributed by atoms with van der Waals surface area (Å²) in [5.74, 6) is 0.652. The van der Waals surface area contributed by atoms with Gasteiger partial charge in [-0.05, 0) is 67.5 Å². The normalized spacial score (nSPS) is 11.5. The largest absolute Gasteiger partial charge is 0.492 e. The lowest BCUT2D eigenvalue weighted by Gasteiger charge is -2.21. The first-order valence-electron chi connectivity index (χ1n) is 6.35. The molecule has 0 unspecified atom stereocenters. The minimum Gasteiger partial charge on any atom is -0.492 e. The van der Waals surface area contributed by atoms with E-state index in [0.717, 1.165) is 3.57 Å². The van der Waals surface area contributed by atoms with Gasteiger partial charge in [-0.15, -0.1) is 0 Å². The number of ether oxygens (including phenoxy) is 2. The molecule has 1 aromatic rings. The highest BCUT2D eigenvalue weighted by Crippen LogP contribution is 2.24. The predicted molar refractivity (Wildman–Crippen MR) is 84.7 cm³/mol. The molecule has 0 aliphatic rings. The first kappa shape index (κ1) is 16.3. The molecule has 1 aromatic carbocycles. The van der Waals surface area contributed by atoms with Gasteiger partial charge in [-0.1, -0.05) is 13.8 Å². The summed E-state index contributed by atoms with van der Waals surface area (Å²) in [7, 11) is 0. The van der Waals surface area contributed by atoms with Crippen LogP contribution in [0.1, 0.15) is 45.0 Å². The standard InChI is InChI=1S/C15H21IO3/c1-10(2)9-18-13-7-6-11(16)8-12(13)14(17)19-15(3,4)5/h6-8,10H,9H2,1-5H3. The van der Waals surface area contributed by atoms with Crippen molar-refractivity contribution in [1.29, 1.82) is 0 Å². The summed E-state index contributed by atoms with van der Waals surface area (Å²) in [4.78, 5) is 12.2. The molecule has 19 heavy (non-hydrogen) atoms. The van der Waals surface area contributed by atoms with E-state index in [0.29, 0.717) is 23.8 Å². The van der Waals surface area contributed by atoms with Gasteiger partial charge in [0, 0.05) is 3.57 Å². The monoisotopic (exact) mass is 376 g/mol. The maximum atomic E-state index is 12.2. The molecule has 0 atom stereocenters. The summed E-state index contributed by atoms with van der Waals surface area (Å²) in [6.45, 7) is 10.3. The summed E-state index contributed by atoms with van der Waals surface area (Å²) in [5, 5.41) is 0. The number of halogens is 1. The zero-order valence-electron chi connectivity index (χ0n) is 12.1. The number of hydrogen-bond donors (Lipinski definition) is 0. The van der Waals surface area contributed by atoms with Gasteiger partial charge in [-0.3, -0.25) is 0 Å². The highest BCUT2D eigenvalue weighted by Gasteiger charge is 2.21. The fourth-order valence-corrected chi connectivity index (χ4v) is 1.87. The predicted octanol–water partition coefficient (Wildman–Crippen LogP) is 4.28. The second-order valence-electron chi connectivity index (χ2n) is 5.85. The zero-order valence-corrected chi connectivity index (χ0v) is 14.3. The van der Waals surface area contributed by atoms with Crippen LogP contribution >= 0.6 is 22.6 Å². The van der Waals surface area contributed by atoms with Crippen molar-refractivity contribution in [2.24, 2.45) is 5.92 Å². The summed E-state index contributed by atoms with van der Waals surface area (Å²) in [6, 6.07) is 5.54. The SMILES string of the molecule is CC(C)COc1ccc(I)cc1C(=O)OC(C)(C)C. The fourth-order valence-electron chi connectivity index (χ4n) is 1.38. The fraction of sp³-hybridized carbons (Fsp3) is 0.533. The second kappa shape index (κ2) is 6.59. The molecule has 0 heterocycles. The van der Waals surface area contributed by atoms with Crippen LogP contribution in [0.5, 0.6) is 5.75 Å². The van der Waals surface area contributed by atoms with E-state index in [2.05, 4.69) is 36.4 Å². The van der Waals surface area contributed by atoms with Crippen molar-refractivity contribution in [3.05, 3.63) is 27.3 Å². The quantitative estimate of drug-likeness (QED) is 0.581. The molecule has 0 aliphatic heterocycles. The minimum absolute atomic E-state index is 0.343. The van der Waals surface area contributed by atoms with Gasteiger partial charge in [-0.25, -0.2) is 4.79 Å². The van der Waals surface area contributed by atoms with Crippen LogP contribution in [0.2, 0.25) is 0 Å². The Bertz CT molecular complexity index is 447. The molecule has 106 valence electrons. The van der Waals surface area contributed by atoms with Crippen LogP contribution in [0, 0.1) is 9.49 Å². The molecule has 3 nitrogen and oxygen atoms in total. The Morgan fingerprint density at radius 1 is 1.32 bits per heavy atom. The van der Waals surface area contributed by atoms with Gasteiger partial charge in [0.2, 0.25) is 0 Å². The van der Waals surface area contributed by atoms with Crippen molar-refractivity contribution in [3.63, 3.8) is 0 Å². The molecule has 0 saturated heterocycles. The first-order valence-corrected chi connectivity index (χ1v) is 7.42. The van der Waals surface area contributed by atoms with E-state index < -0.39 is 5.60 Å². The van der Waals surface area contributed by atoms with Crippen molar-refractivity contribution in [1.82, 2.24) is 0 Å². The van der Waals surface area contributed by atoms with Gasteiger partial charge in [0.15, 0.2) is 0 Å². The van der Waals surface area contributed by atoms with E-state index in [9.17, 15) is 4.79 Å². The van der Waals surface area contributed by atoms with Crippen molar-refractivity contribution in [2.45, 2.75) is 40.2 Å². The number of hydrogen-bond acceptors (Lipinski definition) is 3. The molecular formula is C15H21IO3. The number of rotatable bonds is 4. The van der Waals surface area contributed by atoms with Crippen LogP contribution in [0.3, 0.4) is 0 Å². The lowest BCUT2D eigenvalue weighted by atomic mass is 10.1. The summed E-state index contributed by atoms with van der Waals surface area (Å²) >= 11 is 2.17. The molecule has 0 fully saturated rings. The molecule has 0 saturated carbocycles. The lowest BCUT2D eigenvalue weighted by Crippen LogP contribution is -2.24. The van der Waals surface area contributed by atoms with Gasteiger partial charge < -0.3 is 9.47 Å². The average molecular weight is 376 g/mol. The average Bonchev–Trinajstić information content (AvgIpc) is 2.24. The summed E-state index contributed by atoms with van der Waals surface area (Å²) < 4.78 is 12.1. The Labute approximate surface area is 128 Å². The number of esters is 1. The van der Waals surface area contributed by atoms with Crippen molar-refractivity contribution < 1.29 is 14.3 Å². The maximum Gasteiger partial charge on any atom is 0.342 e. The minimum atomic E-state index is -0.506. The Morgan fingerprint density at radius 2 is 1.95 bits per heavy atom. The van der Waals surface area contributed by atoms with Gasteiger partial charge in [0.25, 0.3) is 0 Å². The Kier molecular flexibility index (Phi) is 5.64. The van der Waals surface area contributed by atoms with Crippen molar-refractivity contribution in [2.75, 3.05) is 6.61 Å². The van der Waals surface area contributed by atoms with E-state index in [1.54, 1.807) is 6.07 Å². The van der Waals surface area contributed by atoms with Crippen LogP contribution in [-0.4, -0.2) is 18.2 Å². The molecule has 0 amide bonds. The van der Waals surface area contributed by atoms with E-state index >= 15 is 0 Å². The van der Waals surface area contributed by atoms with E-state index in [4.69, 9.17) is 9.47 Å². The molecule has 0 spiro atoms. The molecule has 0 bridgehead atoms. The van der Waals surface area contributed by atoms with Crippen molar-refractivity contribution in [3.8, 4) is 5.75 Å². The highest BCUT2D eigenvalue weighted by atomic mass is 127. The van der Waals surface area contributed by atoms with Gasteiger partial charge >= 0.3 is 5.97 Å². The summed E-state index contributed by atoms with van der Waals surface area (Å²) in [6.07, 6.45) is 0. The van der Waals surface area contributed by atoms with Crippen LogP contribution < -0.4 is 4.74 Å². The summed E-state index contributed by atoms with van der Waals surface area (Å²) in [5.41, 5.74) is -0.0179. The van der Waals surface area contributed by atoms with Crippen molar-refractivity contribution >= 4 is 28.6 Å². The Hall–Kier alpha value is -0.780. The number of carbonyl (C=O) groups excluding carboxylic acids is 1. The van der Waals surface area contributed by atoms with E-state index in [-0.39, 0.29) is 5.97 Å². The third kappa shape index (κ3) is 5.80. The van der Waals surface area contributed by atoms with E-state index in [1.807, 2.05) is 32.9 Å². The number of benzene rings is 1.